The van der Waals surface area contributed by atoms with Crippen LogP contribution in [-0.4, -0.2) is 39.9 Å². The molecule has 1 aromatic heterocycles. The molecule has 3 rings (SSSR count). The third-order valence-electron chi connectivity index (χ3n) is 4.16. The molecule has 0 bridgehead atoms. The Hall–Kier alpha value is -1.43. The highest BCUT2D eigenvalue weighted by Gasteiger charge is 2.27. The van der Waals surface area contributed by atoms with Crippen molar-refractivity contribution in [3.8, 4) is 0 Å². The number of benzene rings is 1. The predicted molar refractivity (Wildman–Crippen MR) is 96.3 cm³/mol. The Morgan fingerprint density at radius 2 is 2.00 bits per heavy atom. The Morgan fingerprint density at radius 3 is 2.70 bits per heavy atom. The molecule has 1 fully saturated rings. The number of nitrogens with zero attached hydrogens (tertiary/aromatic N) is 3. The van der Waals surface area contributed by atoms with E-state index in [1.54, 1.807) is 6.20 Å². The summed E-state index contributed by atoms with van der Waals surface area (Å²) in [6.07, 6.45) is 3.66. The molecule has 126 valence electrons. The lowest BCUT2D eigenvalue weighted by molar-refractivity contribution is 0.0655. The molecule has 1 saturated heterocycles. The Morgan fingerprint density at radius 1 is 1.30 bits per heavy atom. The van der Waals surface area contributed by atoms with Crippen LogP contribution >= 0.6 is 24.8 Å². The molecule has 2 heterocycles. The summed E-state index contributed by atoms with van der Waals surface area (Å²) in [5, 5.41) is 0. The molecule has 2 atom stereocenters. The van der Waals surface area contributed by atoms with Gasteiger partial charge in [-0.15, -0.1) is 24.8 Å². The van der Waals surface area contributed by atoms with Gasteiger partial charge in [0, 0.05) is 19.1 Å². The van der Waals surface area contributed by atoms with Gasteiger partial charge in [0.05, 0.1) is 17.2 Å². The van der Waals surface area contributed by atoms with Crippen LogP contribution in [0.15, 0.2) is 30.5 Å². The first kappa shape index (κ1) is 19.6. The molecule has 2 unspecified atom stereocenters. The van der Waals surface area contributed by atoms with Crippen molar-refractivity contribution < 1.29 is 4.79 Å². The minimum atomic E-state index is -0.0430. The van der Waals surface area contributed by atoms with Crippen molar-refractivity contribution in [3.05, 3.63) is 36.2 Å². The summed E-state index contributed by atoms with van der Waals surface area (Å²) in [6, 6.07) is 7.70. The summed E-state index contributed by atoms with van der Waals surface area (Å²) in [5.74, 6) is 0.328. The minimum absolute atomic E-state index is 0. The average molecular weight is 357 g/mol. The Bertz CT molecular complexity index is 665. The van der Waals surface area contributed by atoms with Crippen LogP contribution < -0.4 is 5.73 Å². The molecule has 0 radical (unpaired) electrons. The number of likely N-dealkylation sites (tertiary alicyclic amines) is 1. The lowest BCUT2D eigenvalue weighted by Crippen LogP contribution is -2.45. The number of hydrogen-bond acceptors (Lipinski definition) is 4. The summed E-state index contributed by atoms with van der Waals surface area (Å²) in [5.41, 5.74) is 7.95. The maximum absolute atomic E-state index is 12.6. The molecule has 1 aliphatic rings. The largest absolute Gasteiger partial charge is 0.337 e. The molecular formula is C16H22Cl2N4O. The molecule has 1 aliphatic heterocycles. The first-order valence-corrected chi connectivity index (χ1v) is 7.42. The zero-order chi connectivity index (χ0) is 14.8. The second kappa shape index (κ2) is 8.43. The molecular weight excluding hydrogens is 335 g/mol. The van der Waals surface area contributed by atoms with Gasteiger partial charge in [-0.1, -0.05) is 12.1 Å². The molecule has 0 aliphatic carbocycles. The number of hydrogen-bond donors (Lipinski definition) is 1. The Labute approximate surface area is 148 Å². The average Bonchev–Trinajstić information content (AvgIpc) is 2.53. The van der Waals surface area contributed by atoms with Crippen molar-refractivity contribution in [3.63, 3.8) is 0 Å². The van der Waals surface area contributed by atoms with Gasteiger partial charge in [-0.3, -0.25) is 9.78 Å². The van der Waals surface area contributed by atoms with Gasteiger partial charge in [0.15, 0.2) is 0 Å². The van der Waals surface area contributed by atoms with Crippen LogP contribution in [0.25, 0.3) is 11.0 Å². The van der Waals surface area contributed by atoms with Gasteiger partial charge in [-0.05, 0) is 37.8 Å². The van der Waals surface area contributed by atoms with E-state index in [0.717, 1.165) is 30.4 Å². The molecule has 2 aromatic rings. The standard InChI is InChI=1S/C16H20N4O.2ClH/c1-11(17)12-5-4-8-20(10-12)16(21)15-9-18-13-6-2-3-7-14(13)19-15;;/h2-3,6-7,9,11-12H,4-5,8,10,17H2,1H3;2*1H. The zero-order valence-electron chi connectivity index (χ0n) is 13.0. The van der Waals surface area contributed by atoms with Crippen LogP contribution in [0.1, 0.15) is 30.3 Å². The number of piperidine rings is 1. The van der Waals surface area contributed by atoms with Crippen LogP contribution in [0.3, 0.4) is 0 Å². The summed E-state index contributed by atoms with van der Waals surface area (Å²) >= 11 is 0. The Balaban J connectivity index is 0.00000132. The van der Waals surface area contributed by atoms with Gasteiger partial charge >= 0.3 is 0 Å². The van der Waals surface area contributed by atoms with E-state index in [-0.39, 0.29) is 36.8 Å². The van der Waals surface area contributed by atoms with E-state index in [1.165, 1.54) is 0 Å². The van der Waals surface area contributed by atoms with Crippen LogP contribution in [-0.2, 0) is 0 Å². The van der Waals surface area contributed by atoms with Gasteiger partial charge in [0.1, 0.15) is 5.69 Å². The highest BCUT2D eigenvalue weighted by molar-refractivity contribution is 5.93. The number of halogens is 2. The number of aromatic nitrogens is 2. The first-order valence-electron chi connectivity index (χ1n) is 7.42. The number of carbonyl (C=O) groups is 1. The molecule has 1 amide bonds. The smallest absolute Gasteiger partial charge is 0.274 e. The highest BCUT2D eigenvalue weighted by atomic mass is 35.5. The number of fused-ring (bicyclic) bond motifs is 1. The number of carbonyl (C=O) groups excluding carboxylic acids is 1. The molecule has 0 saturated carbocycles. The maximum Gasteiger partial charge on any atom is 0.274 e. The van der Waals surface area contributed by atoms with Crippen LogP contribution in [0.4, 0.5) is 0 Å². The first-order chi connectivity index (χ1) is 10.1. The Kier molecular flexibility index (Phi) is 7.19. The molecule has 2 N–H and O–H groups in total. The zero-order valence-corrected chi connectivity index (χ0v) is 14.6. The number of amides is 1. The normalized spacial score (nSPS) is 18.7. The summed E-state index contributed by atoms with van der Waals surface area (Å²) in [6.45, 7) is 3.50. The lowest BCUT2D eigenvalue weighted by Gasteiger charge is -2.34. The number of para-hydroxylation sites is 2. The fourth-order valence-electron chi connectivity index (χ4n) is 2.85. The molecule has 0 spiro atoms. The van der Waals surface area contributed by atoms with Crippen molar-refractivity contribution in [2.75, 3.05) is 13.1 Å². The van der Waals surface area contributed by atoms with Gasteiger partial charge in [0.2, 0.25) is 0 Å². The third kappa shape index (κ3) is 4.31. The van der Waals surface area contributed by atoms with Crippen molar-refractivity contribution in [1.82, 2.24) is 14.9 Å². The SMILES string of the molecule is CC(N)C1CCCN(C(=O)c2cnc3ccccc3n2)C1.Cl.Cl. The predicted octanol–water partition coefficient (Wildman–Crippen LogP) is 2.67. The van der Waals surface area contributed by atoms with Gasteiger partial charge < -0.3 is 10.6 Å². The van der Waals surface area contributed by atoms with E-state index < -0.39 is 0 Å². The van der Waals surface area contributed by atoms with Crippen molar-refractivity contribution in [1.29, 1.82) is 0 Å². The fraction of sp³-hybridized carbons (Fsp3) is 0.438. The second-order valence-corrected chi connectivity index (χ2v) is 5.76. The van der Waals surface area contributed by atoms with Gasteiger partial charge in [-0.25, -0.2) is 4.98 Å². The molecule has 1 aromatic carbocycles. The molecule has 7 heteroatoms. The topological polar surface area (TPSA) is 72.1 Å². The monoisotopic (exact) mass is 356 g/mol. The van der Waals surface area contributed by atoms with E-state index in [1.807, 2.05) is 36.1 Å². The number of nitrogens with two attached hydrogens (primary N) is 1. The minimum Gasteiger partial charge on any atom is -0.337 e. The van der Waals surface area contributed by atoms with Crippen molar-refractivity contribution >= 4 is 41.8 Å². The van der Waals surface area contributed by atoms with E-state index in [0.29, 0.717) is 18.2 Å². The van der Waals surface area contributed by atoms with Crippen LogP contribution in [0, 0.1) is 5.92 Å². The third-order valence-corrected chi connectivity index (χ3v) is 4.16. The van der Waals surface area contributed by atoms with Crippen LogP contribution in [0.5, 0.6) is 0 Å². The van der Waals surface area contributed by atoms with Crippen molar-refractivity contribution in [2.24, 2.45) is 11.7 Å². The lowest BCUT2D eigenvalue weighted by atomic mass is 9.92. The number of rotatable bonds is 2. The van der Waals surface area contributed by atoms with Gasteiger partial charge in [-0.2, -0.15) is 0 Å². The fourth-order valence-corrected chi connectivity index (χ4v) is 2.85. The van der Waals surface area contributed by atoms with Crippen LogP contribution in [0.2, 0.25) is 0 Å². The summed E-state index contributed by atoms with van der Waals surface area (Å²) in [4.78, 5) is 23.2. The van der Waals surface area contributed by atoms with Crippen molar-refractivity contribution in [2.45, 2.75) is 25.8 Å². The van der Waals surface area contributed by atoms with E-state index >= 15 is 0 Å². The summed E-state index contributed by atoms with van der Waals surface area (Å²) in [7, 11) is 0. The van der Waals surface area contributed by atoms with E-state index in [4.69, 9.17) is 5.73 Å². The quantitative estimate of drug-likeness (QED) is 0.897. The van der Waals surface area contributed by atoms with E-state index in [2.05, 4.69) is 9.97 Å². The second-order valence-electron chi connectivity index (χ2n) is 5.76. The maximum atomic E-state index is 12.6. The molecule has 5 nitrogen and oxygen atoms in total. The van der Waals surface area contributed by atoms with E-state index in [9.17, 15) is 4.79 Å². The van der Waals surface area contributed by atoms with Gasteiger partial charge in [0.25, 0.3) is 5.91 Å². The highest BCUT2D eigenvalue weighted by Crippen LogP contribution is 2.20. The molecule has 23 heavy (non-hydrogen) atoms. The summed E-state index contributed by atoms with van der Waals surface area (Å²) < 4.78 is 0.